The van der Waals surface area contributed by atoms with Crippen LogP contribution in [0.25, 0.3) is 0 Å². The van der Waals surface area contributed by atoms with E-state index < -0.39 is 0 Å². The Morgan fingerprint density at radius 3 is 2.89 bits per heavy atom. The third-order valence-corrected chi connectivity index (χ3v) is 5.16. The van der Waals surface area contributed by atoms with Crippen molar-refractivity contribution in [3.05, 3.63) is 29.8 Å². The lowest BCUT2D eigenvalue weighted by atomic mass is 10.0. The summed E-state index contributed by atoms with van der Waals surface area (Å²) in [6.45, 7) is 4.58. The fraction of sp³-hybridized carbons (Fsp3) is 0.600. The number of amides is 2. The molecule has 2 aliphatic heterocycles. The van der Waals surface area contributed by atoms with Gasteiger partial charge in [0, 0.05) is 38.8 Å². The standard InChI is InChI=1S/C20H30N4O3/c1-22(2)12-13-27-18-8-4-3-7-17(18)20(26)23-10-5-6-16(15-23)24-11-9-21-14-19(24)25/h3-4,7-8,16,21H,5-6,9-15H2,1-2H3. The number of nitrogens with zero attached hydrogens (tertiary/aromatic N) is 3. The van der Waals surface area contributed by atoms with Gasteiger partial charge in [-0.05, 0) is 39.1 Å². The number of hydrogen-bond donors (Lipinski definition) is 1. The first-order valence-electron chi connectivity index (χ1n) is 9.72. The molecule has 27 heavy (non-hydrogen) atoms. The summed E-state index contributed by atoms with van der Waals surface area (Å²) in [5.74, 6) is 0.750. The maximum Gasteiger partial charge on any atom is 0.257 e. The van der Waals surface area contributed by atoms with Gasteiger partial charge < -0.3 is 24.8 Å². The molecule has 2 amide bonds. The van der Waals surface area contributed by atoms with Gasteiger partial charge in [-0.25, -0.2) is 0 Å². The third-order valence-electron chi connectivity index (χ3n) is 5.16. The van der Waals surface area contributed by atoms with E-state index in [0.29, 0.717) is 31.0 Å². The third kappa shape index (κ3) is 4.99. The number of carbonyl (C=O) groups excluding carboxylic acids is 2. The highest BCUT2D eigenvalue weighted by Crippen LogP contribution is 2.24. The number of carbonyl (C=O) groups is 2. The molecular weight excluding hydrogens is 344 g/mol. The number of rotatable bonds is 6. The lowest BCUT2D eigenvalue weighted by molar-refractivity contribution is -0.135. The van der Waals surface area contributed by atoms with Crippen molar-refractivity contribution in [1.29, 1.82) is 0 Å². The van der Waals surface area contributed by atoms with E-state index in [1.807, 2.05) is 53.1 Å². The van der Waals surface area contributed by atoms with E-state index in [4.69, 9.17) is 4.74 Å². The van der Waals surface area contributed by atoms with E-state index in [9.17, 15) is 9.59 Å². The minimum Gasteiger partial charge on any atom is -0.491 e. The first kappa shape index (κ1) is 19.6. The molecule has 0 saturated carbocycles. The minimum atomic E-state index is -0.0114. The molecule has 0 radical (unpaired) electrons. The van der Waals surface area contributed by atoms with Gasteiger partial charge in [0.15, 0.2) is 0 Å². The topological polar surface area (TPSA) is 65.1 Å². The van der Waals surface area contributed by atoms with E-state index in [0.717, 1.165) is 39.0 Å². The van der Waals surface area contributed by atoms with Gasteiger partial charge in [0.05, 0.1) is 12.1 Å². The van der Waals surface area contributed by atoms with E-state index in [1.165, 1.54) is 0 Å². The Balaban J connectivity index is 1.67. The Labute approximate surface area is 161 Å². The van der Waals surface area contributed by atoms with Crippen molar-refractivity contribution in [1.82, 2.24) is 20.0 Å². The molecule has 2 aliphatic rings. The smallest absolute Gasteiger partial charge is 0.257 e. The molecule has 1 unspecified atom stereocenters. The molecule has 0 aliphatic carbocycles. The van der Waals surface area contributed by atoms with Crippen molar-refractivity contribution in [2.75, 3.05) is 60.0 Å². The van der Waals surface area contributed by atoms with Crippen LogP contribution in [-0.4, -0.2) is 92.5 Å². The van der Waals surface area contributed by atoms with E-state index in [1.54, 1.807) is 0 Å². The molecule has 2 saturated heterocycles. The largest absolute Gasteiger partial charge is 0.491 e. The fourth-order valence-electron chi connectivity index (χ4n) is 3.68. The molecule has 2 heterocycles. The van der Waals surface area contributed by atoms with Crippen molar-refractivity contribution in [2.45, 2.75) is 18.9 Å². The lowest BCUT2D eigenvalue weighted by Gasteiger charge is -2.41. The number of benzene rings is 1. The molecule has 0 spiro atoms. The summed E-state index contributed by atoms with van der Waals surface area (Å²) in [7, 11) is 3.98. The number of likely N-dealkylation sites (tertiary alicyclic amines) is 1. The molecular formula is C20H30N4O3. The van der Waals surface area contributed by atoms with Gasteiger partial charge in [0.25, 0.3) is 5.91 Å². The predicted octanol–water partition coefficient (Wildman–Crippen LogP) is 0.663. The number of hydrogen-bond acceptors (Lipinski definition) is 5. The van der Waals surface area contributed by atoms with Crippen molar-refractivity contribution in [2.24, 2.45) is 0 Å². The molecule has 1 N–H and O–H groups in total. The van der Waals surface area contributed by atoms with Crippen molar-refractivity contribution in [3.8, 4) is 5.75 Å². The SMILES string of the molecule is CN(C)CCOc1ccccc1C(=O)N1CCCC(N2CCNCC2=O)C1. The summed E-state index contributed by atoms with van der Waals surface area (Å²) in [5.41, 5.74) is 0.601. The van der Waals surface area contributed by atoms with Crippen LogP contribution in [0.5, 0.6) is 5.75 Å². The molecule has 0 bridgehead atoms. The minimum absolute atomic E-state index is 0.0114. The average Bonchev–Trinajstić information content (AvgIpc) is 2.68. The summed E-state index contributed by atoms with van der Waals surface area (Å²) >= 11 is 0. The van der Waals surface area contributed by atoms with Gasteiger partial charge >= 0.3 is 0 Å². The summed E-state index contributed by atoms with van der Waals surface area (Å²) in [6, 6.07) is 7.55. The molecule has 148 valence electrons. The van der Waals surface area contributed by atoms with Gasteiger partial charge in [-0.15, -0.1) is 0 Å². The predicted molar refractivity (Wildman–Crippen MR) is 104 cm³/mol. The zero-order valence-electron chi connectivity index (χ0n) is 16.3. The van der Waals surface area contributed by atoms with Crippen molar-refractivity contribution < 1.29 is 14.3 Å². The van der Waals surface area contributed by atoms with Gasteiger partial charge in [-0.1, -0.05) is 12.1 Å². The monoisotopic (exact) mass is 374 g/mol. The summed E-state index contributed by atoms with van der Waals surface area (Å²) in [6.07, 6.45) is 1.87. The molecule has 7 nitrogen and oxygen atoms in total. The fourth-order valence-corrected chi connectivity index (χ4v) is 3.68. The highest BCUT2D eigenvalue weighted by Gasteiger charge is 2.32. The first-order chi connectivity index (χ1) is 13.1. The number of nitrogens with one attached hydrogen (secondary N) is 1. The maximum atomic E-state index is 13.1. The normalized spacial score (nSPS) is 20.9. The van der Waals surface area contributed by atoms with E-state index in [2.05, 4.69) is 5.32 Å². The summed E-state index contributed by atoms with van der Waals surface area (Å²) in [5, 5.41) is 3.11. The Bertz CT molecular complexity index is 664. The zero-order chi connectivity index (χ0) is 19.2. The van der Waals surface area contributed by atoms with Gasteiger partial charge in [-0.3, -0.25) is 9.59 Å². The number of ether oxygens (including phenoxy) is 1. The molecule has 0 aromatic heterocycles. The first-order valence-corrected chi connectivity index (χ1v) is 9.72. The Hall–Kier alpha value is -2.12. The van der Waals surface area contributed by atoms with Crippen LogP contribution in [-0.2, 0) is 4.79 Å². The van der Waals surface area contributed by atoms with E-state index in [-0.39, 0.29) is 17.9 Å². The van der Waals surface area contributed by atoms with Crippen LogP contribution in [0.4, 0.5) is 0 Å². The molecule has 1 aromatic carbocycles. The van der Waals surface area contributed by atoms with Crippen LogP contribution in [0.3, 0.4) is 0 Å². The Morgan fingerprint density at radius 1 is 1.30 bits per heavy atom. The molecule has 1 aromatic rings. The van der Waals surface area contributed by atoms with Crippen molar-refractivity contribution >= 4 is 11.8 Å². The molecule has 3 rings (SSSR count). The Morgan fingerprint density at radius 2 is 2.11 bits per heavy atom. The van der Waals surface area contributed by atoms with Gasteiger partial charge in [-0.2, -0.15) is 0 Å². The zero-order valence-corrected chi connectivity index (χ0v) is 16.3. The number of para-hydroxylation sites is 1. The van der Waals surface area contributed by atoms with Crippen LogP contribution < -0.4 is 10.1 Å². The second-order valence-corrected chi connectivity index (χ2v) is 7.46. The van der Waals surface area contributed by atoms with Crippen LogP contribution in [0, 0.1) is 0 Å². The summed E-state index contributed by atoms with van der Waals surface area (Å²) < 4.78 is 5.86. The van der Waals surface area contributed by atoms with Gasteiger partial charge in [0.2, 0.25) is 5.91 Å². The molecule has 2 fully saturated rings. The van der Waals surface area contributed by atoms with Gasteiger partial charge in [0.1, 0.15) is 12.4 Å². The second-order valence-electron chi connectivity index (χ2n) is 7.46. The van der Waals surface area contributed by atoms with Crippen LogP contribution in [0.1, 0.15) is 23.2 Å². The van der Waals surface area contributed by atoms with Crippen LogP contribution in [0.2, 0.25) is 0 Å². The molecule has 7 heteroatoms. The van der Waals surface area contributed by atoms with Crippen molar-refractivity contribution in [3.63, 3.8) is 0 Å². The number of piperidine rings is 1. The summed E-state index contributed by atoms with van der Waals surface area (Å²) in [4.78, 5) is 31.2. The number of piperazine rings is 1. The van der Waals surface area contributed by atoms with Crippen LogP contribution in [0.15, 0.2) is 24.3 Å². The van der Waals surface area contributed by atoms with Crippen LogP contribution >= 0.6 is 0 Å². The highest BCUT2D eigenvalue weighted by atomic mass is 16.5. The Kier molecular flexibility index (Phi) is 6.68. The second kappa shape index (κ2) is 9.19. The maximum absolute atomic E-state index is 13.1. The van der Waals surface area contributed by atoms with E-state index >= 15 is 0 Å². The average molecular weight is 374 g/mol. The molecule has 1 atom stereocenters. The lowest BCUT2D eigenvalue weighted by Crippen LogP contribution is -2.57. The highest BCUT2D eigenvalue weighted by molar-refractivity contribution is 5.97. The quantitative estimate of drug-likeness (QED) is 0.793. The number of likely N-dealkylation sites (N-methyl/N-ethyl adjacent to an activating group) is 1.